The number of rotatable bonds is 6. The van der Waals surface area contributed by atoms with Crippen LogP contribution in [0.1, 0.15) is 30.1 Å². The fraction of sp³-hybridized carbons (Fsp3) is 0.130. The van der Waals surface area contributed by atoms with Crippen molar-refractivity contribution in [2.75, 3.05) is 0 Å². The van der Waals surface area contributed by atoms with Gasteiger partial charge in [0.15, 0.2) is 0 Å². The molecule has 0 aliphatic rings. The number of amides is 1. The summed E-state index contributed by atoms with van der Waals surface area (Å²) in [7, 11) is 0. The first-order chi connectivity index (χ1) is 14.5. The lowest BCUT2D eigenvalue weighted by Crippen LogP contribution is -2.41. The number of aromatic nitrogens is 3. The van der Waals surface area contributed by atoms with Gasteiger partial charge in [-0.25, -0.2) is 4.98 Å². The Balaban J connectivity index is 1.58. The van der Waals surface area contributed by atoms with Gasteiger partial charge in [-0.3, -0.25) is 4.79 Å². The van der Waals surface area contributed by atoms with E-state index < -0.39 is 5.54 Å². The summed E-state index contributed by atoms with van der Waals surface area (Å²) < 4.78 is 11.3. The molecule has 2 aromatic carbocycles. The summed E-state index contributed by atoms with van der Waals surface area (Å²) in [5.74, 6) is 1.39. The number of nitrogens with one attached hydrogen (secondary N) is 1. The molecule has 1 N–H and O–H groups in total. The summed E-state index contributed by atoms with van der Waals surface area (Å²) >= 11 is 0. The third-order valence-electron chi connectivity index (χ3n) is 4.39. The first-order valence-corrected chi connectivity index (χ1v) is 9.43. The van der Waals surface area contributed by atoms with Crippen LogP contribution in [0.4, 0.5) is 0 Å². The summed E-state index contributed by atoms with van der Waals surface area (Å²) in [5, 5.41) is 7.00. The minimum absolute atomic E-state index is 0.227. The van der Waals surface area contributed by atoms with E-state index in [1.165, 1.54) is 0 Å². The van der Waals surface area contributed by atoms with Crippen molar-refractivity contribution in [2.24, 2.45) is 0 Å². The topological polar surface area (TPSA) is 90.1 Å². The van der Waals surface area contributed by atoms with Crippen molar-refractivity contribution in [3.63, 3.8) is 0 Å². The highest BCUT2D eigenvalue weighted by atomic mass is 16.5. The lowest BCUT2D eigenvalue weighted by Gasteiger charge is -2.21. The van der Waals surface area contributed by atoms with Crippen LogP contribution in [0.25, 0.3) is 11.4 Å². The van der Waals surface area contributed by atoms with Gasteiger partial charge in [-0.15, -0.1) is 0 Å². The van der Waals surface area contributed by atoms with Crippen molar-refractivity contribution in [1.82, 2.24) is 20.4 Å². The highest BCUT2D eigenvalue weighted by Crippen LogP contribution is 2.30. The van der Waals surface area contributed by atoms with E-state index in [1.807, 2.05) is 48.5 Å². The molecule has 150 valence electrons. The molecule has 0 atom stereocenters. The number of para-hydroxylation sites is 1. The number of hydrogen-bond acceptors (Lipinski definition) is 6. The molecule has 7 nitrogen and oxygen atoms in total. The van der Waals surface area contributed by atoms with E-state index in [1.54, 1.807) is 44.3 Å². The van der Waals surface area contributed by atoms with Crippen LogP contribution in [-0.4, -0.2) is 21.0 Å². The van der Waals surface area contributed by atoms with Gasteiger partial charge in [0.2, 0.25) is 11.7 Å². The average Bonchev–Trinajstić information content (AvgIpc) is 3.26. The maximum absolute atomic E-state index is 12.5. The number of nitrogens with zero attached hydrogens (tertiary/aromatic N) is 3. The molecule has 4 rings (SSSR count). The molecule has 2 heterocycles. The van der Waals surface area contributed by atoms with Crippen LogP contribution in [-0.2, 0) is 5.54 Å². The van der Waals surface area contributed by atoms with Crippen LogP contribution >= 0.6 is 0 Å². The highest BCUT2D eigenvalue weighted by molar-refractivity contribution is 5.94. The normalized spacial score (nSPS) is 11.1. The third kappa shape index (κ3) is 4.20. The molecule has 0 saturated carbocycles. The Labute approximate surface area is 173 Å². The minimum Gasteiger partial charge on any atom is -0.438 e. The number of ether oxygens (including phenoxy) is 1. The number of benzene rings is 2. The Hall–Kier alpha value is -4.00. The average molecular weight is 400 g/mol. The molecule has 2 aromatic heterocycles. The summed E-state index contributed by atoms with van der Waals surface area (Å²) in [5.41, 5.74) is 0.263. The van der Waals surface area contributed by atoms with E-state index in [9.17, 15) is 4.79 Å². The fourth-order valence-corrected chi connectivity index (χ4v) is 2.83. The largest absolute Gasteiger partial charge is 0.438 e. The van der Waals surface area contributed by atoms with Crippen LogP contribution in [0.3, 0.4) is 0 Å². The van der Waals surface area contributed by atoms with E-state index in [0.717, 1.165) is 0 Å². The van der Waals surface area contributed by atoms with Gasteiger partial charge in [0.1, 0.15) is 11.3 Å². The van der Waals surface area contributed by atoms with Crippen LogP contribution in [0, 0.1) is 0 Å². The van der Waals surface area contributed by atoms with Gasteiger partial charge in [-0.1, -0.05) is 41.6 Å². The SMILES string of the molecule is CC(C)(NC(=O)c1ccccc1)c1nc(-c2cccnc2Oc2ccccc2)no1. The summed E-state index contributed by atoms with van der Waals surface area (Å²) in [6, 6.07) is 21.9. The smallest absolute Gasteiger partial charge is 0.252 e. The molecule has 0 radical (unpaired) electrons. The monoisotopic (exact) mass is 400 g/mol. The number of hydrogen-bond donors (Lipinski definition) is 1. The van der Waals surface area contributed by atoms with E-state index in [4.69, 9.17) is 9.26 Å². The van der Waals surface area contributed by atoms with E-state index >= 15 is 0 Å². The molecule has 0 saturated heterocycles. The molecule has 30 heavy (non-hydrogen) atoms. The second kappa shape index (κ2) is 8.16. The molecule has 0 spiro atoms. The lowest BCUT2D eigenvalue weighted by atomic mass is 10.0. The van der Waals surface area contributed by atoms with Crippen molar-refractivity contribution < 1.29 is 14.1 Å². The molecule has 4 aromatic rings. The van der Waals surface area contributed by atoms with Gasteiger partial charge in [0, 0.05) is 11.8 Å². The zero-order valence-electron chi connectivity index (χ0n) is 16.6. The third-order valence-corrected chi connectivity index (χ3v) is 4.39. The van der Waals surface area contributed by atoms with Crippen LogP contribution in [0.2, 0.25) is 0 Å². The van der Waals surface area contributed by atoms with Gasteiger partial charge in [0.05, 0.1) is 5.56 Å². The predicted molar refractivity (Wildman–Crippen MR) is 111 cm³/mol. The molecule has 0 fully saturated rings. The first-order valence-electron chi connectivity index (χ1n) is 9.43. The Morgan fingerprint density at radius 2 is 1.67 bits per heavy atom. The van der Waals surface area contributed by atoms with Crippen molar-refractivity contribution in [1.29, 1.82) is 0 Å². The van der Waals surface area contributed by atoms with Crippen molar-refractivity contribution in [3.05, 3.63) is 90.4 Å². The Bertz CT molecular complexity index is 1140. The highest BCUT2D eigenvalue weighted by Gasteiger charge is 2.30. The summed E-state index contributed by atoms with van der Waals surface area (Å²) in [6.07, 6.45) is 1.63. The molecule has 0 aliphatic heterocycles. The van der Waals surface area contributed by atoms with Crippen molar-refractivity contribution in [3.8, 4) is 23.0 Å². The molecule has 0 bridgehead atoms. The van der Waals surface area contributed by atoms with E-state index in [0.29, 0.717) is 28.6 Å². The number of pyridine rings is 1. The molecule has 7 heteroatoms. The molecular formula is C23H20N4O3. The molecular weight excluding hydrogens is 380 g/mol. The quantitative estimate of drug-likeness (QED) is 0.509. The van der Waals surface area contributed by atoms with Gasteiger partial charge < -0.3 is 14.6 Å². The second-order valence-electron chi connectivity index (χ2n) is 7.14. The van der Waals surface area contributed by atoms with Gasteiger partial charge >= 0.3 is 0 Å². The second-order valence-corrected chi connectivity index (χ2v) is 7.14. The summed E-state index contributed by atoms with van der Waals surface area (Å²) in [6.45, 7) is 3.60. The van der Waals surface area contributed by atoms with Gasteiger partial charge in [-0.2, -0.15) is 4.98 Å². The first kappa shape index (κ1) is 19.3. The standard InChI is InChI=1S/C23H20N4O3/c1-23(2,26-20(28)16-10-5-3-6-11-16)22-25-19(27-30-22)18-14-9-15-24-21(18)29-17-12-7-4-8-13-17/h3-15H,1-2H3,(H,26,28). The van der Waals surface area contributed by atoms with Gasteiger partial charge in [0.25, 0.3) is 11.8 Å². The predicted octanol–water partition coefficient (Wildman–Crippen LogP) is 4.59. The van der Waals surface area contributed by atoms with Crippen LogP contribution < -0.4 is 10.1 Å². The minimum atomic E-state index is -0.874. The molecule has 0 unspecified atom stereocenters. The number of carbonyl (C=O) groups excluding carboxylic acids is 1. The van der Waals surface area contributed by atoms with E-state index in [2.05, 4.69) is 20.4 Å². The van der Waals surface area contributed by atoms with Crippen molar-refractivity contribution >= 4 is 5.91 Å². The maximum atomic E-state index is 12.5. The van der Waals surface area contributed by atoms with Crippen LogP contribution in [0.15, 0.2) is 83.5 Å². The van der Waals surface area contributed by atoms with Crippen LogP contribution in [0.5, 0.6) is 11.6 Å². The maximum Gasteiger partial charge on any atom is 0.252 e. The summed E-state index contributed by atoms with van der Waals surface area (Å²) in [4.78, 5) is 21.3. The Morgan fingerprint density at radius 1 is 0.967 bits per heavy atom. The zero-order valence-corrected chi connectivity index (χ0v) is 16.6. The molecule has 1 amide bonds. The lowest BCUT2D eigenvalue weighted by molar-refractivity contribution is 0.0895. The van der Waals surface area contributed by atoms with Crippen molar-refractivity contribution in [2.45, 2.75) is 19.4 Å². The Kier molecular flexibility index (Phi) is 5.26. The zero-order chi connectivity index (χ0) is 21.0. The number of carbonyl (C=O) groups is 1. The molecule has 0 aliphatic carbocycles. The Morgan fingerprint density at radius 3 is 2.40 bits per heavy atom. The van der Waals surface area contributed by atoms with E-state index in [-0.39, 0.29) is 11.8 Å². The fourth-order valence-electron chi connectivity index (χ4n) is 2.83. The van der Waals surface area contributed by atoms with Gasteiger partial charge in [-0.05, 0) is 50.2 Å².